The first kappa shape index (κ1) is 18.0. The maximum absolute atomic E-state index is 14.8. The Labute approximate surface area is 164 Å². The number of hydrogen-bond donors (Lipinski definition) is 0. The number of aromatic nitrogens is 1. The van der Waals surface area contributed by atoms with Crippen molar-refractivity contribution in [2.24, 2.45) is 10.2 Å². The summed E-state index contributed by atoms with van der Waals surface area (Å²) in [6, 6.07) is 18.9. The molecule has 1 aliphatic heterocycles. The molecule has 0 saturated carbocycles. The Balaban J connectivity index is 1.76. The quantitative estimate of drug-likeness (QED) is 0.506. The molecule has 3 nitrogen and oxygen atoms in total. The van der Waals surface area contributed by atoms with Gasteiger partial charge in [-0.2, -0.15) is 10.2 Å². The Morgan fingerprint density at radius 2 is 1.71 bits per heavy atom. The standard InChI is InChI=1S/C24H20FN3/c1-18-8-10-19(11-9-18)5-4-14-24(21-6-2-3-7-23(21)25)22(17-27-28-24)20-12-15-26-16-13-20/h2-4,6-17H,5H2,1H3. The zero-order chi connectivity index (χ0) is 19.4. The predicted molar refractivity (Wildman–Crippen MR) is 109 cm³/mol. The van der Waals surface area contributed by atoms with Crippen molar-refractivity contribution in [1.82, 2.24) is 4.98 Å². The zero-order valence-corrected chi connectivity index (χ0v) is 15.6. The Morgan fingerprint density at radius 3 is 2.46 bits per heavy atom. The lowest BCUT2D eigenvalue weighted by molar-refractivity contribution is 0.575. The van der Waals surface area contributed by atoms with Gasteiger partial charge in [0.25, 0.3) is 0 Å². The topological polar surface area (TPSA) is 37.6 Å². The number of azo groups is 1. The van der Waals surface area contributed by atoms with Gasteiger partial charge in [0.15, 0.2) is 5.54 Å². The third-order valence-electron chi connectivity index (χ3n) is 4.92. The van der Waals surface area contributed by atoms with E-state index in [4.69, 9.17) is 0 Å². The molecule has 0 aliphatic carbocycles. The number of halogens is 1. The monoisotopic (exact) mass is 369 g/mol. The summed E-state index contributed by atoms with van der Waals surface area (Å²) >= 11 is 0. The third-order valence-corrected chi connectivity index (χ3v) is 4.92. The van der Waals surface area contributed by atoms with Gasteiger partial charge in [0.2, 0.25) is 0 Å². The van der Waals surface area contributed by atoms with E-state index in [0.29, 0.717) is 5.56 Å². The fourth-order valence-corrected chi connectivity index (χ4v) is 3.43. The molecule has 4 heteroatoms. The second kappa shape index (κ2) is 7.69. The van der Waals surface area contributed by atoms with Crippen LogP contribution in [0.25, 0.3) is 5.57 Å². The summed E-state index contributed by atoms with van der Waals surface area (Å²) in [6.45, 7) is 2.07. The normalized spacial score (nSPS) is 18.6. The highest BCUT2D eigenvalue weighted by molar-refractivity contribution is 5.78. The minimum atomic E-state index is -0.989. The number of rotatable bonds is 5. The van der Waals surface area contributed by atoms with Crippen molar-refractivity contribution in [3.8, 4) is 0 Å². The van der Waals surface area contributed by atoms with E-state index in [2.05, 4.69) is 46.4 Å². The van der Waals surface area contributed by atoms with Gasteiger partial charge in [0.05, 0.1) is 6.20 Å². The van der Waals surface area contributed by atoms with Crippen LogP contribution in [0.3, 0.4) is 0 Å². The molecule has 0 amide bonds. The van der Waals surface area contributed by atoms with Crippen molar-refractivity contribution in [3.05, 3.63) is 119 Å². The largest absolute Gasteiger partial charge is 0.265 e. The van der Waals surface area contributed by atoms with Crippen molar-refractivity contribution >= 4 is 5.57 Å². The first-order valence-corrected chi connectivity index (χ1v) is 9.20. The lowest BCUT2D eigenvalue weighted by Crippen LogP contribution is -2.22. The highest BCUT2D eigenvalue weighted by Gasteiger charge is 2.39. The van der Waals surface area contributed by atoms with Crippen LogP contribution in [0.1, 0.15) is 22.3 Å². The zero-order valence-electron chi connectivity index (χ0n) is 15.6. The fourth-order valence-electron chi connectivity index (χ4n) is 3.43. The Bertz CT molecular complexity index is 1050. The van der Waals surface area contributed by atoms with E-state index in [9.17, 15) is 4.39 Å². The van der Waals surface area contributed by atoms with Gasteiger partial charge in [-0.3, -0.25) is 4.98 Å². The summed E-state index contributed by atoms with van der Waals surface area (Å²) in [6.07, 6.45) is 9.87. The second-order valence-electron chi connectivity index (χ2n) is 6.83. The number of nitrogens with zero attached hydrogens (tertiary/aromatic N) is 3. The molecule has 1 atom stereocenters. The molecule has 0 bridgehead atoms. The SMILES string of the molecule is Cc1ccc(CC=CC2(c3ccccc3F)N=NC=C2c2ccncc2)cc1. The second-order valence-corrected chi connectivity index (χ2v) is 6.83. The van der Waals surface area contributed by atoms with E-state index in [1.54, 1.807) is 30.7 Å². The maximum atomic E-state index is 14.8. The molecule has 28 heavy (non-hydrogen) atoms. The van der Waals surface area contributed by atoms with Crippen LogP contribution in [0.2, 0.25) is 0 Å². The predicted octanol–water partition coefficient (Wildman–Crippen LogP) is 6.03. The molecule has 0 N–H and O–H groups in total. The maximum Gasteiger partial charge on any atom is 0.155 e. The van der Waals surface area contributed by atoms with Gasteiger partial charge in [0.1, 0.15) is 5.82 Å². The number of hydrogen-bond acceptors (Lipinski definition) is 3. The van der Waals surface area contributed by atoms with E-state index < -0.39 is 5.54 Å². The minimum absolute atomic E-state index is 0.303. The molecule has 0 spiro atoms. The van der Waals surface area contributed by atoms with Crippen molar-refractivity contribution in [3.63, 3.8) is 0 Å². The Hall–Kier alpha value is -3.40. The van der Waals surface area contributed by atoms with Crippen molar-refractivity contribution in [2.75, 3.05) is 0 Å². The lowest BCUT2D eigenvalue weighted by atomic mass is 9.80. The summed E-state index contributed by atoms with van der Waals surface area (Å²) in [4.78, 5) is 4.08. The van der Waals surface area contributed by atoms with Gasteiger partial charge in [-0.05, 0) is 48.7 Å². The molecule has 0 radical (unpaired) electrons. The van der Waals surface area contributed by atoms with Crippen LogP contribution in [0.5, 0.6) is 0 Å². The molecule has 0 saturated heterocycles. The molecule has 0 fully saturated rings. The molecular weight excluding hydrogens is 349 g/mol. The van der Waals surface area contributed by atoms with Crippen LogP contribution < -0.4 is 0 Å². The smallest absolute Gasteiger partial charge is 0.155 e. The average Bonchev–Trinajstić information content (AvgIpc) is 3.15. The molecule has 4 rings (SSSR count). The Kier molecular flexibility index (Phi) is 4.94. The van der Waals surface area contributed by atoms with E-state index in [1.165, 1.54) is 17.2 Å². The van der Waals surface area contributed by atoms with Crippen molar-refractivity contribution < 1.29 is 4.39 Å². The van der Waals surface area contributed by atoms with Gasteiger partial charge in [0, 0.05) is 23.5 Å². The van der Waals surface area contributed by atoms with Gasteiger partial charge < -0.3 is 0 Å². The summed E-state index contributed by atoms with van der Waals surface area (Å²) < 4.78 is 14.8. The molecule has 2 heterocycles. The Morgan fingerprint density at radius 1 is 0.964 bits per heavy atom. The number of benzene rings is 2. The molecule has 1 aromatic heterocycles. The highest BCUT2D eigenvalue weighted by atomic mass is 19.1. The summed E-state index contributed by atoms with van der Waals surface area (Å²) in [7, 11) is 0. The summed E-state index contributed by atoms with van der Waals surface area (Å²) in [5.41, 5.74) is 3.66. The van der Waals surface area contributed by atoms with Crippen LogP contribution in [-0.4, -0.2) is 4.98 Å². The number of allylic oxidation sites excluding steroid dienone is 1. The molecule has 138 valence electrons. The van der Waals surface area contributed by atoms with Gasteiger partial charge in [-0.25, -0.2) is 4.39 Å². The van der Waals surface area contributed by atoms with E-state index in [1.807, 2.05) is 30.4 Å². The van der Waals surface area contributed by atoms with Crippen LogP contribution in [0.15, 0.2) is 102 Å². The van der Waals surface area contributed by atoms with E-state index in [0.717, 1.165) is 17.6 Å². The first-order chi connectivity index (χ1) is 13.7. The fraction of sp³-hybridized carbons (Fsp3) is 0.125. The van der Waals surface area contributed by atoms with Crippen LogP contribution in [0.4, 0.5) is 4.39 Å². The van der Waals surface area contributed by atoms with E-state index >= 15 is 0 Å². The third kappa shape index (κ3) is 3.41. The van der Waals surface area contributed by atoms with Crippen LogP contribution in [-0.2, 0) is 12.0 Å². The van der Waals surface area contributed by atoms with Gasteiger partial charge in [-0.15, -0.1) is 0 Å². The minimum Gasteiger partial charge on any atom is -0.265 e. The molecular formula is C24H20FN3. The molecule has 3 aromatic rings. The van der Waals surface area contributed by atoms with Crippen LogP contribution >= 0.6 is 0 Å². The van der Waals surface area contributed by atoms with Gasteiger partial charge in [-0.1, -0.05) is 54.1 Å². The molecule has 2 aromatic carbocycles. The average molecular weight is 369 g/mol. The van der Waals surface area contributed by atoms with Crippen LogP contribution in [0, 0.1) is 12.7 Å². The summed E-state index contributed by atoms with van der Waals surface area (Å²) in [5.74, 6) is -0.303. The van der Waals surface area contributed by atoms with Gasteiger partial charge >= 0.3 is 0 Å². The first-order valence-electron chi connectivity index (χ1n) is 9.20. The molecule has 1 unspecified atom stereocenters. The number of pyridine rings is 1. The number of aryl methyl sites for hydroxylation is 1. The molecule has 1 aliphatic rings. The van der Waals surface area contributed by atoms with E-state index in [-0.39, 0.29) is 5.82 Å². The summed E-state index contributed by atoms with van der Waals surface area (Å²) in [5, 5.41) is 8.66. The van der Waals surface area contributed by atoms with Crippen molar-refractivity contribution in [1.29, 1.82) is 0 Å². The van der Waals surface area contributed by atoms with Crippen molar-refractivity contribution in [2.45, 2.75) is 18.9 Å². The highest BCUT2D eigenvalue weighted by Crippen LogP contribution is 2.45. The lowest BCUT2D eigenvalue weighted by Gasteiger charge is -2.26.